The normalized spacial score (nSPS) is 12.5. The van der Waals surface area contributed by atoms with Gasteiger partial charge in [0.05, 0.1) is 11.4 Å². The highest BCUT2D eigenvalue weighted by molar-refractivity contribution is 5.97. The van der Waals surface area contributed by atoms with Crippen LogP contribution in [0.1, 0.15) is 42.9 Å². The fourth-order valence-electron chi connectivity index (χ4n) is 1.31. The lowest BCUT2D eigenvalue weighted by molar-refractivity contribution is 0.0943. The second-order valence-electron chi connectivity index (χ2n) is 4.05. The van der Waals surface area contributed by atoms with E-state index in [9.17, 15) is 4.79 Å². The maximum Gasteiger partial charge on any atom is 0.274 e. The Kier molecular flexibility index (Phi) is 3.71. The largest absolute Gasteiger partial charge is 0.395 e. The number of H-pyrrole nitrogens is 1. The lowest BCUT2D eigenvalue weighted by Crippen LogP contribution is -2.31. The van der Waals surface area contributed by atoms with E-state index in [1.54, 1.807) is 6.08 Å². The van der Waals surface area contributed by atoms with Gasteiger partial charge in [0, 0.05) is 6.04 Å². The third-order valence-corrected chi connectivity index (χ3v) is 2.34. The number of aromatic amines is 1. The molecule has 1 aromatic rings. The van der Waals surface area contributed by atoms with Crippen molar-refractivity contribution in [1.29, 1.82) is 0 Å². The maximum atomic E-state index is 11.7. The standard InChI is InChI=1S/C11H18N4O/c1-5-7(4)13-11(16)10-8(12)9(6(2)3)14-15-10/h5-7H,1,12H2,2-4H3,(H,13,16)(H,14,15). The first-order chi connectivity index (χ1) is 7.47. The molecule has 88 valence electrons. The number of amides is 1. The van der Waals surface area contributed by atoms with Crippen molar-refractivity contribution in [1.82, 2.24) is 15.5 Å². The van der Waals surface area contributed by atoms with E-state index in [0.29, 0.717) is 5.69 Å². The number of rotatable bonds is 4. The quantitative estimate of drug-likeness (QED) is 0.674. The van der Waals surface area contributed by atoms with Gasteiger partial charge in [-0.05, 0) is 12.8 Å². The molecular formula is C11H18N4O. The van der Waals surface area contributed by atoms with Crippen molar-refractivity contribution >= 4 is 11.6 Å². The summed E-state index contributed by atoms with van der Waals surface area (Å²) in [5.74, 6) is -0.0704. The zero-order valence-corrected chi connectivity index (χ0v) is 9.87. The number of nitrogen functional groups attached to an aromatic ring is 1. The van der Waals surface area contributed by atoms with E-state index in [1.807, 2.05) is 20.8 Å². The minimum absolute atomic E-state index is 0.105. The van der Waals surface area contributed by atoms with E-state index < -0.39 is 0 Å². The van der Waals surface area contributed by atoms with Crippen molar-refractivity contribution < 1.29 is 4.79 Å². The van der Waals surface area contributed by atoms with Crippen LogP contribution in [0.3, 0.4) is 0 Å². The van der Waals surface area contributed by atoms with Gasteiger partial charge in [-0.25, -0.2) is 0 Å². The number of nitrogens with zero attached hydrogens (tertiary/aromatic N) is 1. The fourth-order valence-corrected chi connectivity index (χ4v) is 1.31. The van der Waals surface area contributed by atoms with Crippen molar-refractivity contribution in [2.24, 2.45) is 0 Å². The Hall–Kier alpha value is -1.78. The predicted molar refractivity (Wildman–Crippen MR) is 64.2 cm³/mol. The summed E-state index contributed by atoms with van der Waals surface area (Å²) in [5.41, 5.74) is 7.30. The van der Waals surface area contributed by atoms with Gasteiger partial charge in [0.2, 0.25) is 0 Å². The topological polar surface area (TPSA) is 83.8 Å². The highest BCUT2D eigenvalue weighted by atomic mass is 16.2. The molecule has 0 aromatic carbocycles. The molecule has 0 aliphatic rings. The Bertz CT molecular complexity index is 395. The maximum absolute atomic E-state index is 11.7. The van der Waals surface area contributed by atoms with Crippen LogP contribution in [0.15, 0.2) is 12.7 Å². The van der Waals surface area contributed by atoms with Gasteiger partial charge in [0.1, 0.15) is 0 Å². The Labute approximate surface area is 95.1 Å². The Balaban J connectivity index is 2.88. The molecule has 1 amide bonds. The summed E-state index contributed by atoms with van der Waals surface area (Å²) >= 11 is 0. The van der Waals surface area contributed by atoms with E-state index in [4.69, 9.17) is 5.73 Å². The highest BCUT2D eigenvalue weighted by Crippen LogP contribution is 2.21. The van der Waals surface area contributed by atoms with Gasteiger partial charge >= 0.3 is 0 Å². The summed E-state index contributed by atoms with van der Waals surface area (Å²) in [6, 6.07) is -0.105. The van der Waals surface area contributed by atoms with Gasteiger partial charge in [-0.2, -0.15) is 5.10 Å². The van der Waals surface area contributed by atoms with Crippen molar-refractivity contribution in [3.8, 4) is 0 Å². The first-order valence-corrected chi connectivity index (χ1v) is 5.24. The smallest absolute Gasteiger partial charge is 0.274 e. The number of nitrogens with one attached hydrogen (secondary N) is 2. The van der Waals surface area contributed by atoms with Crippen molar-refractivity contribution in [3.05, 3.63) is 24.0 Å². The zero-order chi connectivity index (χ0) is 12.3. The molecule has 1 atom stereocenters. The Morgan fingerprint density at radius 1 is 1.56 bits per heavy atom. The summed E-state index contributed by atoms with van der Waals surface area (Å²) in [7, 11) is 0. The van der Waals surface area contributed by atoms with Crippen LogP contribution >= 0.6 is 0 Å². The molecule has 0 bridgehead atoms. The molecule has 0 aliphatic carbocycles. The van der Waals surface area contributed by atoms with E-state index in [2.05, 4.69) is 22.1 Å². The van der Waals surface area contributed by atoms with Crippen molar-refractivity contribution in [3.63, 3.8) is 0 Å². The summed E-state index contributed by atoms with van der Waals surface area (Å²) in [4.78, 5) is 11.7. The summed E-state index contributed by atoms with van der Waals surface area (Å²) < 4.78 is 0. The molecule has 1 unspecified atom stereocenters. The third kappa shape index (κ3) is 2.42. The number of nitrogens with two attached hydrogens (primary N) is 1. The number of carbonyl (C=O) groups is 1. The van der Waals surface area contributed by atoms with Gasteiger partial charge in [-0.3, -0.25) is 9.89 Å². The number of hydrogen-bond acceptors (Lipinski definition) is 3. The second-order valence-corrected chi connectivity index (χ2v) is 4.05. The van der Waals surface area contributed by atoms with Crippen LogP contribution in [0.2, 0.25) is 0 Å². The molecule has 0 saturated heterocycles. The molecular weight excluding hydrogens is 204 g/mol. The minimum atomic E-state index is -0.284. The minimum Gasteiger partial charge on any atom is -0.395 e. The molecule has 16 heavy (non-hydrogen) atoms. The second kappa shape index (κ2) is 4.83. The van der Waals surface area contributed by atoms with Crippen molar-refractivity contribution in [2.75, 3.05) is 5.73 Å². The number of aromatic nitrogens is 2. The van der Waals surface area contributed by atoms with Crippen LogP contribution in [-0.4, -0.2) is 22.1 Å². The summed E-state index contributed by atoms with van der Waals surface area (Å²) in [6.45, 7) is 9.39. The highest BCUT2D eigenvalue weighted by Gasteiger charge is 2.19. The van der Waals surface area contributed by atoms with Crippen LogP contribution in [0.5, 0.6) is 0 Å². The molecule has 0 saturated carbocycles. The fraction of sp³-hybridized carbons (Fsp3) is 0.455. The van der Waals surface area contributed by atoms with Crippen LogP contribution in [-0.2, 0) is 0 Å². The average molecular weight is 222 g/mol. The molecule has 1 aromatic heterocycles. The van der Waals surface area contributed by atoms with Gasteiger partial charge in [-0.1, -0.05) is 19.9 Å². The molecule has 0 fully saturated rings. The van der Waals surface area contributed by atoms with Crippen LogP contribution in [0, 0.1) is 0 Å². The van der Waals surface area contributed by atoms with E-state index >= 15 is 0 Å². The average Bonchev–Trinajstić information content (AvgIpc) is 2.59. The van der Waals surface area contributed by atoms with Crippen molar-refractivity contribution in [2.45, 2.75) is 32.7 Å². The molecule has 4 N–H and O–H groups in total. The summed E-state index contributed by atoms with van der Waals surface area (Å²) in [6.07, 6.45) is 1.64. The first kappa shape index (κ1) is 12.3. The lowest BCUT2D eigenvalue weighted by Gasteiger charge is -2.08. The molecule has 0 radical (unpaired) electrons. The van der Waals surface area contributed by atoms with Gasteiger partial charge in [0.25, 0.3) is 5.91 Å². The van der Waals surface area contributed by atoms with Gasteiger partial charge < -0.3 is 11.1 Å². The SMILES string of the molecule is C=CC(C)NC(=O)c1n[nH]c(C(C)C)c1N. The zero-order valence-electron chi connectivity index (χ0n) is 9.87. The predicted octanol–water partition coefficient (Wildman–Crippen LogP) is 1.42. The Morgan fingerprint density at radius 2 is 2.19 bits per heavy atom. The number of carbonyl (C=O) groups excluding carboxylic acids is 1. The molecule has 5 heteroatoms. The van der Waals surface area contributed by atoms with E-state index in [0.717, 1.165) is 5.69 Å². The van der Waals surface area contributed by atoms with Crippen LogP contribution < -0.4 is 11.1 Å². The van der Waals surface area contributed by atoms with E-state index in [1.165, 1.54) is 0 Å². The summed E-state index contributed by atoms with van der Waals surface area (Å²) in [5, 5.41) is 9.43. The Morgan fingerprint density at radius 3 is 2.62 bits per heavy atom. The number of anilines is 1. The first-order valence-electron chi connectivity index (χ1n) is 5.24. The van der Waals surface area contributed by atoms with Gasteiger partial charge in [0.15, 0.2) is 5.69 Å². The molecule has 1 rings (SSSR count). The molecule has 1 heterocycles. The molecule has 5 nitrogen and oxygen atoms in total. The van der Waals surface area contributed by atoms with E-state index in [-0.39, 0.29) is 23.6 Å². The van der Waals surface area contributed by atoms with Crippen LogP contribution in [0.25, 0.3) is 0 Å². The monoisotopic (exact) mass is 222 g/mol. The van der Waals surface area contributed by atoms with Crippen LogP contribution in [0.4, 0.5) is 5.69 Å². The number of hydrogen-bond donors (Lipinski definition) is 3. The molecule has 0 spiro atoms. The lowest BCUT2D eigenvalue weighted by atomic mass is 10.1. The van der Waals surface area contributed by atoms with Gasteiger partial charge in [-0.15, -0.1) is 6.58 Å². The third-order valence-electron chi connectivity index (χ3n) is 2.34. The molecule has 0 aliphatic heterocycles.